The van der Waals surface area contributed by atoms with Gasteiger partial charge in [-0.2, -0.15) is 0 Å². The van der Waals surface area contributed by atoms with E-state index in [1.165, 1.54) is 0 Å². The fraction of sp³-hybridized carbons (Fsp3) is 0.900. The molecule has 2 unspecified atom stereocenters. The van der Waals surface area contributed by atoms with E-state index in [0.29, 0.717) is 5.92 Å². The molecule has 1 saturated carbocycles. The quantitative estimate of drug-likeness (QED) is 0.710. The van der Waals surface area contributed by atoms with E-state index in [0.717, 1.165) is 31.7 Å². The molecule has 2 atom stereocenters. The van der Waals surface area contributed by atoms with Crippen LogP contribution in [0.1, 0.15) is 25.7 Å². The fourth-order valence-corrected chi connectivity index (χ4v) is 4.19. The average Bonchev–Trinajstić information content (AvgIpc) is 2.01. The molecule has 1 fully saturated rings. The number of carbonyl (C=O) groups is 1. The Morgan fingerprint density at radius 2 is 2.07 bits per heavy atom. The molecule has 4 heteroatoms. The molecule has 0 saturated heterocycles. The molecule has 0 bridgehead atoms. The molecule has 0 spiro atoms. The van der Waals surface area contributed by atoms with Gasteiger partial charge in [-0.15, -0.1) is 0 Å². The Labute approximate surface area is 86.3 Å². The smallest absolute Gasteiger partial charge is 0.306 e. The molecule has 0 heterocycles. The predicted molar refractivity (Wildman–Crippen MR) is 57.6 cm³/mol. The minimum absolute atomic E-state index is 0.162. The van der Waals surface area contributed by atoms with Crippen molar-refractivity contribution in [1.29, 1.82) is 0 Å². The number of rotatable bonds is 3. The van der Waals surface area contributed by atoms with Crippen molar-refractivity contribution in [2.45, 2.75) is 44.8 Å². The van der Waals surface area contributed by atoms with Crippen molar-refractivity contribution in [2.24, 2.45) is 11.8 Å². The van der Waals surface area contributed by atoms with E-state index >= 15 is 0 Å². The van der Waals surface area contributed by atoms with E-state index in [4.69, 9.17) is 5.11 Å². The van der Waals surface area contributed by atoms with Crippen LogP contribution < -0.4 is 0 Å². The van der Waals surface area contributed by atoms with E-state index in [1.54, 1.807) is 0 Å². The van der Waals surface area contributed by atoms with Crippen molar-refractivity contribution in [2.75, 3.05) is 0 Å². The minimum atomic E-state index is -2.00. The largest absolute Gasteiger partial charge is 0.481 e. The monoisotopic (exact) mass is 216 g/mol. The molecule has 0 amide bonds. The van der Waals surface area contributed by atoms with Gasteiger partial charge in [-0.3, -0.25) is 4.79 Å². The van der Waals surface area contributed by atoms with Gasteiger partial charge in [-0.25, -0.2) is 0 Å². The lowest BCUT2D eigenvalue weighted by molar-refractivity contribution is -0.143. The van der Waals surface area contributed by atoms with Gasteiger partial charge < -0.3 is 9.90 Å². The molecule has 0 aliphatic heterocycles. The van der Waals surface area contributed by atoms with E-state index in [-0.39, 0.29) is 5.92 Å². The lowest BCUT2D eigenvalue weighted by atomic mass is 9.82. The molecule has 1 aliphatic carbocycles. The van der Waals surface area contributed by atoms with Gasteiger partial charge in [0.15, 0.2) is 8.32 Å². The SMILES string of the molecule is C[Si](C)(O)CC1CCCC(C(=O)O)C1. The normalized spacial score (nSPS) is 28.8. The summed E-state index contributed by atoms with van der Waals surface area (Å²) in [4.78, 5) is 20.6. The molecule has 0 aromatic carbocycles. The zero-order valence-corrected chi connectivity index (χ0v) is 9.99. The van der Waals surface area contributed by atoms with Crippen LogP contribution in [0.5, 0.6) is 0 Å². The first kappa shape index (κ1) is 11.7. The highest BCUT2D eigenvalue weighted by Crippen LogP contribution is 2.33. The summed E-state index contributed by atoms with van der Waals surface area (Å²) in [5, 5.41) is 8.90. The molecule has 82 valence electrons. The lowest BCUT2D eigenvalue weighted by Crippen LogP contribution is -2.31. The number of hydrogen-bond donors (Lipinski definition) is 2. The fourth-order valence-electron chi connectivity index (χ4n) is 2.41. The van der Waals surface area contributed by atoms with Crippen LogP contribution in [-0.2, 0) is 4.79 Å². The van der Waals surface area contributed by atoms with Crippen molar-refractivity contribution in [3.8, 4) is 0 Å². The molecule has 2 N–H and O–H groups in total. The summed E-state index contributed by atoms with van der Waals surface area (Å²) in [5.41, 5.74) is 0. The van der Waals surface area contributed by atoms with Gasteiger partial charge >= 0.3 is 5.97 Å². The summed E-state index contributed by atoms with van der Waals surface area (Å²) in [6.45, 7) is 3.86. The summed E-state index contributed by atoms with van der Waals surface area (Å²) >= 11 is 0. The van der Waals surface area contributed by atoms with Gasteiger partial charge in [-0.1, -0.05) is 12.8 Å². The maximum absolute atomic E-state index is 10.8. The van der Waals surface area contributed by atoms with Gasteiger partial charge in [0, 0.05) is 0 Å². The number of hydrogen-bond acceptors (Lipinski definition) is 2. The lowest BCUT2D eigenvalue weighted by Gasteiger charge is -2.29. The minimum Gasteiger partial charge on any atom is -0.481 e. The van der Waals surface area contributed by atoms with E-state index in [2.05, 4.69) is 0 Å². The van der Waals surface area contributed by atoms with Crippen LogP contribution in [0, 0.1) is 11.8 Å². The van der Waals surface area contributed by atoms with Gasteiger partial charge in [0.1, 0.15) is 0 Å². The molecule has 14 heavy (non-hydrogen) atoms. The van der Waals surface area contributed by atoms with E-state index in [1.807, 2.05) is 13.1 Å². The van der Waals surface area contributed by atoms with Crippen LogP contribution in [0.4, 0.5) is 0 Å². The third-order valence-electron chi connectivity index (χ3n) is 2.92. The third kappa shape index (κ3) is 3.80. The molecule has 0 aromatic rings. The average molecular weight is 216 g/mol. The highest BCUT2D eigenvalue weighted by atomic mass is 28.4. The Hall–Kier alpha value is -0.353. The molecule has 1 aliphatic rings. The Balaban J connectivity index is 2.44. The van der Waals surface area contributed by atoms with E-state index in [9.17, 15) is 9.59 Å². The Morgan fingerprint density at radius 1 is 1.43 bits per heavy atom. The summed E-state index contributed by atoms with van der Waals surface area (Å²) < 4.78 is 0. The number of aliphatic carboxylic acids is 1. The number of carboxylic acids is 1. The number of carboxylic acid groups (broad SMARTS) is 1. The third-order valence-corrected chi connectivity index (χ3v) is 4.50. The second kappa shape index (κ2) is 4.44. The summed E-state index contributed by atoms with van der Waals surface area (Å²) in [6, 6.07) is 0.858. The predicted octanol–water partition coefficient (Wildman–Crippen LogP) is 2.07. The summed E-state index contributed by atoms with van der Waals surface area (Å²) in [5.74, 6) is -0.381. The molecule has 1 rings (SSSR count). The topological polar surface area (TPSA) is 57.5 Å². The van der Waals surface area contributed by atoms with E-state index < -0.39 is 14.3 Å². The van der Waals surface area contributed by atoms with Gasteiger partial charge in [0.25, 0.3) is 0 Å². The molecule has 0 aromatic heterocycles. The first-order valence-corrected chi connectivity index (χ1v) is 8.49. The van der Waals surface area contributed by atoms with Crippen LogP contribution in [0.25, 0.3) is 0 Å². The zero-order chi connectivity index (χ0) is 10.8. The standard InChI is InChI=1S/C10H20O3Si/c1-14(2,13)7-8-4-3-5-9(6-8)10(11)12/h8-9,13H,3-7H2,1-2H3,(H,11,12). The Bertz CT molecular complexity index is 210. The van der Waals surface area contributed by atoms with Crippen molar-refractivity contribution >= 4 is 14.3 Å². The van der Waals surface area contributed by atoms with Crippen LogP contribution in [0.2, 0.25) is 19.1 Å². The van der Waals surface area contributed by atoms with Gasteiger partial charge in [0.05, 0.1) is 5.92 Å². The Kier molecular flexibility index (Phi) is 3.72. The molecular formula is C10H20O3Si. The van der Waals surface area contributed by atoms with Crippen LogP contribution >= 0.6 is 0 Å². The highest BCUT2D eigenvalue weighted by molar-refractivity contribution is 6.69. The maximum Gasteiger partial charge on any atom is 0.306 e. The van der Waals surface area contributed by atoms with Crippen LogP contribution in [-0.4, -0.2) is 24.2 Å². The van der Waals surface area contributed by atoms with Crippen molar-refractivity contribution in [3.05, 3.63) is 0 Å². The summed E-state index contributed by atoms with van der Waals surface area (Å²) in [7, 11) is -2.00. The van der Waals surface area contributed by atoms with Crippen LogP contribution in [0.15, 0.2) is 0 Å². The maximum atomic E-state index is 10.8. The summed E-state index contributed by atoms with van der Waals surface area (Å²) in [6.07, 6.45) is 3.69. The second-order valence-electron chi connectivity index (χ2n) is 5.08. The zero-order valence-electron chi connectivity index (χ0n) is 8.99. The first-order chi connectivity index (χ1) is 6.38. The molecule has 3 nitrogen and oxygen atoms in total. The second-order valence-corrected chi connectivity index (χ2v) is 9.12. The van der Waals surface area contributed by atoms with Gasteiger partial charge in [0.2, 0.25) is 0 Å². The first-order valence-electron chi connectivity index (χ1n) is 5.33. The van der Waals surface area contributed by atoms with Crippen molar-refractivity contribution in [3.63, 3.8) is 0 Å². The molecular weight excluding hydrogens is 196 g/mol. The Morgan fingerprint density at radius 3 is 2.57 bits per heavy atom. The van der Waals surface area contributed by atoms with Crippen molar-refractivity contribution < 1.29 is 14.7 Å². The van der Waals surface area contributed by atoms with Gasteiger partial charge in [-0.05, 0) is 37.9 Å². The van der Waals surface area contributed by atoms with Crippen LogP contribution in [0.3, 0.4) is 0 Å². The highest BCUT2D eigenvalue weighted by Gasteiger charge is 2.31. The van der Waals surface area contributed by atoms with Crippen molar-refractivity contribution in [1.82, 2.24) is 0 Å². The molecule has 0 radical (unpaired) electrons.